The predicted molar refractivity (Wildman–Crippen MR) is 195 cm³/mol. The Morgan fingerprint density at radius 3 is 1.60 bits per heavy atom. The lowest BCUT2D eigenvalue weighted by molar-refractivity contribution is 0.676. The maximum atomic E-state index is 6.95. The molecule has 0 N–H and O–H groups in total. The van der Waals surface area contributed by atoms with Gasteiger partial charge in [-0.05, 0) is 40.8 Å². The first-order chi connectivity index (χ1) is 23.8. The number of benzene rings is 7. The summed E-state index contributed by atoms with van der Waals surface area (Å²) < 4.78 is 9.09. The Hall–Kier alpha value is -6.59. The highest BCUT2D eigenvalue weighted by atomic mass is 16.3. The van der Waals surface area contributed by atoms with Crippen LogP contribution in [0.5, 0.6) is 0 Å². The molecule has 3 aromatic heterocycles. The molecule has 0 bridgehead atoms. The topological polar surface area (TPSA) is 56.7 Å². The molecule has 0 amide bonds. The van der Waals surface area contributed by atoms with Crippen molar-refractivity contribution in [3.63, 3.8) is 0 Å². The van der Waals surface area contributed by atoms with Gasteiger partial charge in [0.1, 0.15) is 11.2 Å². The second kappa shape index (κ2) is 10.5. The minimum absolute atomic E-state index is 0.557. The van der Waals surface area contributed by atoms with Gasteiger partial charge in [0.05, 0.1) is 16.4 Å². The van der Waals surface area contributed by atoms with Gasteiger partial charge in [-0.3, -0.25) is 4.57 Å². The Balaban J connectivity index is 1.30. The van der Waals surface area contributed by atoms with E-state index in [1.165, 1.54) is 16.5 Å². The van der Waals surface area contributed by atoms with E-state index >= 15 is 0 Å². The van der Waals surface area contributed by atoms with Gasteiger partial charge in [0.15, 0.2) is 11.6 Å². The van der Waals surface area contributed by atoms with Crippen molar-refractivity contribution in [1.29, 1.82) is 0 Å². The second-order valence-corrected chi connectivity index (χ2v) is 12.0. The summed E-state index contributed by atoms with van der Waals surface area (Å²) >= 11 is 0. The van der Waals surface area contributed by atoms with Crippen LogP contribution in [0.15, 0.2) is 162 Å². The predicted octanol–water partition coefficient (Wildman–Crippen LogP) is 11.0. The van der Waals surface area contributed by atoms with Crippen molar-refractivity contribution in [3.05, 3.63) is 158 Å². The first kappa shape index (κ1) is 26.6. The summed E-state index contributed by atoms with van der Waals surface area (Å²) in [6, 6.07) is 54.3. The van der Waals surface area contributed by atoms with Gasteiger partial charge in [-0.25, -0.2) is 4.98 Å². The van der Waals surface area contributed by atoms with Crippen LogP contribution in [0, 0.1) is 0 Å². The molecule has 7 aromatic carbocycles. The molecular formula is C43H26N4O. The lowest BCUT2D eigenvalue weighted by Crippen LogP contribution is -2.06. The van der Waals surface area contributed by atoms with Gasteiger partial charge in [0.2, 0.25) is 5.95 Å². The quantitative estimate of drug-likeness (QED) is 0.198. The number of para-hydroxylation sites is 1. The molecule has 0 radical (unpaired) electrons. The maximum absolute atomic E-state index is 6.95. The van der Waals surface area contributed by atoms with Gasteiger partial charge < -0.3 is 4.42 Å². The van der Waals surface area contributed by atoms with E-state index in [9.17, 15) is 0 Å². The van der Waals surface area contributed by atoms with Crippen LogP contribution in [0.3, 0.4) is 0 Å². The van der Waals surface area contributed by atoms with Gasteiger partial charge in [-0.1, -0.05) is 133 Å². The Morgan fingerprint density at radius 2 is 0.938 bits per heavy atom. The monoisotopic (exact) mass is 614 g/mol. The smallest absolute Gasteiger partial charge is 0.238 e. The molecule has 0 saturated carbocycles. The van der Waals surface area contributed by atoms with E-state index in [1.54, 1.807) is 0 Å². The first-order valence-electron chi connectivity index (χ1n) is 16.0. The zero-order valence-electron chi connectivity index (χ0n) is 25.7. The standard InChI is InChI=1S/C43H26N4O/c1-4-14-27(15-5-1)34-26-35-32-24-25-37-38(40(32)48-39(35)31-21-11-10-20-30(31)34)33-22-12-13-23-36(33)47(37)43-45-41(28-16-6-2-7-17-28)44-42(46-43)29-18-8-3-9-19-29/h1-26H. The largest absolute Gasteiger partial charge is 0.455 e. The molecule has 0 spiro atoms. The van der Waals surface area contributed by atoms with Crippen molar-refractivity contribution in [1.82, 2.24) is 19.5 Å². The third kappa shape index (κ3) is 4.01. The Morgan fingerprint density at radius 1 is 0.396 bits per heavy atom. The van der Waals surface area contributed by atoms with E-state index in [0.29, 0.717) is 17.6 Å². The molecular weight excluding hydrogens is 589 g/mol. The van der Waals surface area contributed by atoms with E-state index in [-0.39, 0.29) is 0 Å². The summed E-state index contributed by atoms with van der Waals surface area (Å²) in [7, 11) is 0. The lowest BCUT2D eigenvalue weighted by atomic mass is 9.95. The maximum Gasteiger partial charge on any atom is 0.238 e. The summed E-state index contributed by atoms with van der Waals surface area (Å²) in [5, 5.41) is 6.55. The zero-order chi connectivity index (χ0) is 31.6. The van der Waals surface area contributed by atoms with Crippen LogP contribution >= 0.6 is 0 Å². The molecule has 0 fully saturated rings. The highest BCUT2D eigenvalue weighted by Gasteiger charge is 2.22. The molecule has 5 heteroatoms. The summed E-state index contributed by atoms with van der Waals surface area (Å²) in [6.45, 7) is 0. The third-order valence-electron chi connectivity index (χ3n) is 9.25. The van der Waals surface area contributed by atoms with Crippen LogP contribution in [-0.2, 0) is 0 Å². The number of aromatic nitrogens is 4. The molecule has 3 heterocycles. The minimum Gasteiger partial charge on any atom is -0.455 e. The highest BCUT2D eigenvalue weighted by molar-refractivity contribution is 6.27. The average molecular weight is 615 g/mol. The van der Waals surface area contributed by atoms with Crippen molar-refractivity contribution < 1.29 is 4.42 Å². The lowest BCUT2D eigenvalue weighted by Gasteiger charge is -2.10. The number of fused-ring (bicyclic) bond motifs is 9. The molecule has 0 aliphatic rings. The summed E-state index contributed by atoms with van der Waals surface area (Å²) in [5.74, 6) is 1.80. The first-order valence-corrected chi connectivity index (χ1v) is 16.0. The number of rotatable bonds is 4. The van der Waals surface area contributed by atoms with Crippen LogP contribution in [-0.4, -0.2) is 19.5 Å². The molecule has 48 heavy (non-hydrogen) atoms. The SMILES string of the molecule is c1ccc(-c2nc(-c3ccccc3)nc(-n3c4ccccc4c4c5oc6c7ccccc7c(-c7ccccc7)cc6c5ccc43)n2)cc1. The van der Waals surface area contributed by atoms with E-state index in [2.05, 4.69) is 102 Å². The van der Waals surface area contributed by atoms with Crippen LogP contribution in [0.4, 0.5) is 0 Å². The Labute approximate surface area is 275 Å². The molecule has 224 valence electrons. The van der Waals surface area contributed by atoms with Gasteiger partial charge in [-0.15, -0.1) is 0 Å². The van der Waals surface area contributed by atoms with Crippen LogP contribution in [0.1, 0.15) is 0 Å². The fraction of sp³-hybridized carbons (Fsp3) is 0. The van der Waals surface area contributed by atoms with Crippen molar-refractivity contribution in [3.8, 4) is 39.9 Å². The normalized spacial score (nSPS) is 11.8. The highest BCUT2D eigenvalue weighted by Crippen LogP contribution is 2.44. The van der Waals surface area contributed by atoms with Gasteiger partial charge in [0, 0.05) is 32.7 Å². The second-order valence-electron chi connectivity index (χ2n) is 12.0. The Bertz CT molecular complexity index is 2760. The fourth-order valence-corrected chi connectivity index (χ4v) is 7.08. The van der Waals surface area contributed by atoms with E-state index in [1.807, 2.05) is 60.7 Å². The molecule has 0 unspecified atom stereocenters. The summed E-state index contributed by atoms with van der Waals surface area (Å²) in [5.41, 5.74) is 7.95. The number of nitrogens with zero attached hydrogens (tertiary/aromatic N) is 4. The minimum atomic E-state index is 0.557. The molecule has 0 atom stereocenters. The Kier molecular flexibility index (Phi) is 5.81. The third-order valence-corrected chi connectivity index (χ3v) is 9.25. The van der Waals surface area contributed by atoms with Crippen molar-refractivity contribution in [2.24, 2.45) is 0 Å². The molecule has 10 rings (SSSR count). The van der Waals surface area contributed by atoms with Crippen LogP contribution in [0.25, 0.3) is 94.4 Å². The van der Waals surface area contributed by atoms with Crippen molar-refractivity contribution in [2.45, 2.75) is 0 Å². The van der Waals surface area contributed by atoms with Gasteiger partial charge in [-0.2, -0.15) is 9.97 Å². The molecule has 10 aromatic rings. The summed E-state index contributed by atoms with van der Waals surface area (Å²) in [6.07, 6.45) is 0. The van der Waals surface area contributed by atoms with Gasteiger partial charge in [0.25, 0.3) is 0 Å². The zero-order valence-corrected chi connectivity index (χ0v) is 25.7. The fourth-order valence-electron chi connectivity index (χ4n) is 7.08. The molecule has 5 nitrogen and oxygen atoms in total. The van der Waals surface area contributed by atoms with Crippen molar-refractivity contribution >= 4 is 54.5 Å². The van der Waals surface area contributed by atoms with E-state index in [0.717, 1.165) is 60.3 Å². The van der Waals surface area contributed by atoms with Crippen LogP contribution in [0.2, 0.25) is 0 Å². The average Bonchev–Trinajstić information content (AvgIpc) is 3.71. The number of furan rings is 1. The van der Waals surface area contributed by atoms with E-state index < -0.39 is 0 Å². The summed E-state index contributed by atoms with van der Waals surface area (Å²) in [4.78, 5) is 15.1. The van der Waals surface area contributed by atoms with E-state index in [4.69, 9.17) is 19.4 Å². The molecule has 0 aliphatic carbocycles. The van der Waals surface area contributed by atoms with Crippen molar-refractivity contribution in [2.75, 3.05) is 0 Å². The van der Waals surface area contributed by atoms with Gasteiger partial charge >= 0.3 is 0 Å². The van der Waals surface area contributed by atoms with Crippen LogP contribution < -0.4 is 0 Å². The molecule has 0 aliphatic heterocycles. The number of hydrogen-bond donors (Lipinski definition) is 0. The number of hydrogen-bond acceptors (Lipinski definition) is 4. The molecule has 0 saturated heterocycles.